The smallest absolute Gasteiger partial charge is 0.298 e. The van der Waals surface area contributed by atoms with Gasteiger partial charge in [0.25, 0.3) is 11.6 Å². The predicted molar refractivity (Wildman–Crippen MR) is 76.3 cm³/mol. The molecule has 8 nitrogen and oxygen atoms in total. The van der Waals surface area contributed by atoms with Crippen LogP contribution >= 0.6 is 11.6 Å². The van der Waals surface area contributed by atoms with E-state index in [0.29, 0.717) is 5.02 Å². The minimum Gasteiger partial charge on any atom is -0.507 e. The van der Waals surface area contributed by atoms with Crippen molar-refractivity contribution in [1.82, 2.24) is 15.1 Å². The molecule has 9 heteroatoms. The summed E-state index contributed by atoms with van der Waals surface area (Å²) >= 11 is 5.85. The van der Waals surface area contributed by atoms with Gasteiger partial charge in [-0.15, -0.1) is 0 Å². The third kappa shape index (κ3) is 2.47. The lowest BCUT2D eigenvalue weighted by Gasteiger charge is -1.99. The largest absolute Gasteiger partial charge is 0.507 e. The van der Waals surface area contributed by atoms with E-state index in [4.69, 9.17) is 16.1 Å². The van der Waals surface area contributed by atoms with Gasteiger partial charge < -0.3 is 9.63 Å². The van der Waals surface area contributed by atoms with E-state index in [1.54, 1.807) is 0 Å². The van der Waals surface area contributed by atoms with Crippen molar-refractivity contribution in [3.05, 3.63) is 51.7 Å². The Morgan fingerprint density at radius 3 is 2.91 bits per heavy atom. The van der Waals surface area contributed by atoms with E-state index in [-0.39, 0.29) is 34.4 Å². The Hall–Kier alpha value is -3.00. The van der Waals surface area contributed by atoms with Gasteiger partial charge in [-0.1, -0.05) is 16.8 Å². The molecule has 0 amide bonds. The topological polar surface area (TPSA) is 115 Å². The van der Waals surface area contributed by atoms with E-state index in [9.17, 15) is 15.2 Å². The first kappa shape index (κ1) is 14.0. The molecule has 22 heavy (non-hydrogen) atoms. The van der Waals surface area contributed by atoms with Crippen LogP contribution in [0.1, 0.15) is 0 Å². The van der Waals surface area contributed by atoms with Crippen molar-refractivity contribution < 1.29 is 14.6 Å². The number of pyridine rings is 1. The molecule has 0 saturated carbocycles. The van der Waals surface area contributed by atoms with Crippen molar-refractivity contribution in [1.29, 1.82) is 0 Å². The number of rotatable bonds is 3. The lowest BCUT2D eigenvalue weighted by molar-refractivity contribution is -0.384. The monoisotopic (exact) mass is 318 g/mol. The molecule has 0 atom stereocenters. The zero-order chi connectivity index (χ0) is 15.7. The van der Waals surface area contributed by atoms with Gasteiger partial charge in [0.15, 0.2) is 5.69 Å². The number of hydrogen-bond donors (Lipinski definition) is 1. The number of phenolic OH excluding ortho intramolecular Hbond substituents is 1. The van der Waals surface area contributed by atoms with Crippen LogP contribution in [-0.4, -0.2) is 25.2 Å². The van der Waals surface area contributed by atoms with Crippen molar-refractivity contribution in [3.8, 4) is 28.7 Å². The number of nitro groups is 1. The number of aromatic nitrogens is 3. The average Bonchev–Trinajstić information content (AvgIpc) is 2.99. The van der Waals surface area contributed by atoms with Crippen LogP contribution in [-0.2, 0) is 0 Å². The molecule has 0 fully saturated rings. The molecule has 0 aliphatic rings. The second-order valence-corrected chi connectivity index (χ2v) is 4.65. The fraction of sp³-hybridized carbons (Fsp3) is 0. The molecule has 0 aliphatic heterocycles. The summed E-state index contributed by atoms with van der Waals surface area (Å²) in [7, 11) is 0. The van der Waals surface area contributed by atoms with Crippen LogP contribution in [0.15, 0.2) is 41.1 Å². The molecule has 3 rings (SSSR count). The minimum absolute atomic E-state index is 0.0186. The first-order valence-electron chi connectivity index (χ1n) is 5.98. The number of aromatic hydroxyl groups is 1. The zero-order valence-corrected chi connectivity index (χ0v) is 11.6. The second kappa shape index (κ2) is 5.41. The number of phenols is 1. The Morgan fingerprint density at radius 2 is 2.14 bits per heavy atom. The second-order valence-electron chi connectivity index (χ2n) is 4.21. The minimum atomic E-state index is -0.588. The highest BCUT2D eigenvalue weighted by Crippen LogP contribution is 2.32. The van der Waals surface area contributed by atoms with Crippen molar-refractivity contribution >= 4 is 17.3 Å². The van der Waals surface area contributed by atoms with Crippen LogP contribution < -0.4 is 0 Å². The molecule has 0 spiro atoms. The molecule has 0 radical (unpaired) electrons. The lowest BCUT2D eigenvalue weighted by Crippen LogP contribution is -1.95. The Morgan fingerprint density at radius 1 is 1.32 bits per heavy atom. The molecule has 0 bridgehead atoms. The fourth-order valence-electron chi connectivity index (χ4n) is 1.83. The molecule has 3 aromatic rings. The average molecular weight is 319 g/mol. The molecule has 110 valence electrons. The summed E-state index contributed by atoms with van der Waals surface area (Å²) in [6.07, 6.45) is 1.38. The fourth-order valence-corrected chi connectivity index (χ4v) is 2.00. The summed E-state index contributed by atoms with van der Waals surface area (Å²) in [4.78, 5) is 18.3. The molecule has 0 aliphatic carbocycles. The van der Waals surface area contributed by atoms with Crippen LogP contribution in [0.25, 0.3) is 23.0 Å². The molecule has 2 heterocycles. The van der Waals surface area contributed by atoms with Crippen LogP contribution in [0, 0.1) is 10.1 Å². The van der Waals surface area contributed by atoms with Crippen LogP contribution in [0.5, 0.6) is 5.75 Å². The van der Waals surface area contributed by atoms with E-state index >= 15 is 0 Å². The van der Waals surface area contributed by atoms with Gasteiger partial charge in [-0.2, -0.15) is 4.98 Å². The van der Waals surface area contributed by atoms with E-state index in [1.165, 1.54) is 36.5 Å². The molecular weight excluding hydrogens is 312 g/mol. The van der Waals surface area contributed by atoms with Crippen LogP contribution in [0.3, 0.4) is 0 Å². The van der Waals surface area contributed by atoms with Crippen LogP contribution in [0.2, 0.25) is 5.02 Å². The van der Waals surface area contributed by atoms with E-state index < -0.39 is 4.92 Å². The van der Waals surface area contributed by atoms with Gasteiger partial charge >= 0.3 is 0 Å². The first-order chi connectivity index (χ1) is 10.6. The molecule has 0 saturated heterocycles. The maximum Gasteiger partial charge on any atom is 0.298 e. The van der Waals surface area contributed by atoms with Crippen molar-refractivity contribution in [2.24, 2.45) is 0 Å². The first-order valence-corrected chi connectivity index (χ1v) is 6.36. The number of nitrogens with zero attached hydrogens (tertiary/aromatic N) is 4. The maximum atomic E-state index is 11.0. The van der Waals surface area contributed by atoms with Crippen LogP contribution in [0.4, 0.5) is 5.69 Å². The standard InChI is InChI=1S/C13H7ClN4O4/c14-7-3-4-10(19)8(6-7)13-16-12(17-22-13)11-9(18(20)21)2-1-5-15-11/h1-6,19H. The summed E-state index contributed by atoms with van der Waals surface area (Å²) in [5.41, 5.74) is -0.0426. The molecule has 1 aromatic carbocycles. The Balaban J connectivity index is 2.09. The van der Waals surface area contributed by atoms with Gasteiger partial charge in [0, 0.05) is 17.3 Å². The van der Waals surface area contributed by atoms with Gasteiger partial charge in [-0.05, 0) is 24.3 Å². The molecular formula is C13H7ClN4O4. The molecule has 0 unspecified atom stereocenters. The maximum absolute atomic E-state index is 11.0. The summed E-state index contributed by atoms with van der Waals surface area (Å²) in [5.74, 6) is -0.174. The Labute approximate surface area is 128 Å². The van der Waals surface area contributed by atoms with E-state index in [0.717, 1.165) is 0 Å². The van der Waals surface area contributed by atoms with Crippen molar-refractivity contribution in [2.75, 3.05) is 0 Å². The van der Waals surface area contributed by atoms with Gasteiger partial charge in [0.2, 0.25) is 5.82 Å². The highest BCUT2D eigenvalue weighted by atomic mass is 35.5. The SMILES string of the molecule is O=[N+]([O-])c1cccnc1-c1noc(-c2cc(Cl)ccc2O)n1. The predicted octanol–water partition coefficient (Wildman–Crippen LogP) is 3.07. The van der Waals surface area contributed by atoms with Crippen molar-refractivity contribution in [3.63, 3.8) is 0 Å². The van der Waals surface area contributed by atoms with Gasteiger partial charge in [0.05, 0.1) is 10.5 Å². The third-order valence-electron chi connectivity index (χ3n) is 2.81. The highest BCUT2D eigenvalue weighted by molar-refractivity contribution is 6.30. The zero-order valence-electron chi connectivity index (χ0n) is 10.8. The molecule has 1 N–H and O–H groups in total. The number of hydrogen-bond acceptors (Lipinski definition) is 7. The number of benzene rings is 1. The summed E-state index contributed by atoms with van der Waals surface area (Å²) in [6, 6.07) is 7.05. The lowest BCUT2D eigenvalue weighted by atomic mass is 10.2. The summed E-state index contributed by atoms with van der Waals surface area (Å²) < 4.78 is 5.03. The number of halogens is 1. The van der Waals surface area contributed by atoms with Gasteiger partial charge in [0.1, 0.15) is 5.75 Å². The van der Waals surface area contributed by atoms with Gasteiger partial charge in [-0.3, -0.25) is 10.1 Å². The Kier molecular flexibility index (Phi) is 3.43. The quantitative estimate of drug-likeness (QED) is 0.582. The van der Waals surface area contributed by atoms with E-state index in [1.807, 2.05) is 0 Å². The third-order valence-corrected chi connectivity index (χ3v) is 3.05. The summed E-state index contributed by atoms with van der Waals surface area (Å²) in [5, 5.41) is 24.8. The van der Waals surface area contributed by atoms with Crippen molar-refractivity contribution in [2.45, 2.75) is 0 Å². The normalized spacial score (nSPS) is 10.6. The Bertz CT molecular complexity index is 865. The van der Waals surface area contributed by atoms with Gasteiger partial charge in [-0.25, -0.2) is 4.98 Å². The summed E-state index contributed by atoms with van der Waals surface area (Å²) in [6.45, 7) is 0. The van der Waals surface area contributed by atoms with E-state index in [2.05, 4.69) is 15.1 Å². The molecule has 2 aromatic heterocycles. The highest BCUT2D eigenvalue weighted by Gasteiger charge is 2.22.